The van der Waals surface area contributed by atoms with E-state index in [-0.39, 0.29) is 5.54 Å². The summed E-state index contributed by atoms with van der Waals surface area (Å²) >= 11 is 0. The molecule has 0 fully saturated rings. The Bertz CT molecular complexity index is 683. The van der Waals surface area contributed by atoms with Gasteiger partial charge in [0.2, 0.25) is 0 Å². The van der Waals surface area contributed by atoms with E-state index in [4.69, 9.17) is 0 Å². The number of hydrogen-bond acceptors (Lipinski definition) is 2. The Hall–Kier alpha value is -1.84. The Morgan fingerprint density at radius 3 is 2.71 bits per heavy atom. The lowest BCUT2D eigenvalue weighted by Crippen LogP contribution is -3.16. The summed E-state index contributed by atoms with van der Waals surface area (Å²) in [6.45, 7) is 6.68. The summed E-state index contributed by atoms with van der Waals surface area (Å²) in [6.07, 6.45) is 11.5. The lowest BCUT2D eigenvalue weighted by molar-refractivity contribution is -0.905. The number of rotatable bonds is 6. The summed E-state index contributed by atoms with van der Waals surface area (Å²) in [5.41, 5.74) is 4.80. The van der Waals surface area contributed by atoms with Gasteiger partial charge in [-0.2, -0.15) is 0 Å². The summed E-state index contributed by atoms with van der Waals surface area (Å²) in [7, 11) is 0. The van der Waals surface area contributed by atoms with Crippen LogP contribution in [0.4, 0.5) is 0 Å². The van der Waals surface area contributed by atoms with E-state index in [2.05, 4.69) is 74.7 Å². The van der Waals surface area contributed by atoms with E-state index in [1.165, 1.54) is 16.7 Å². The van der Waals surface area contributed by atoms with E-state index in [9.17, 15) is 5.21 Å². The van der Waals surface area contributed by atoms with Crippen LogP contribution in [0.5, 0.6) is 0 Å². The lowest BCUT2D eigenvalue weighted by atomic mass is 9.79. The van der Waals surface area contributed by atoms with Crippen molar-refractivity contribution in [1.29, 1.82) is 0 Å². The van der Waals surface area contributed by atoms with Crippen molar-refractivity contribution in [3.05, 3.63) is 70.5 Å². The predicted molar refractivity (Wildman–Crippen MR) is 100 cm³/mol. The first-order chi connectivity index (χ1) is 11.6. The molecular formula is C21H28N2O. The summed E-state index contributed by atoms with van der Waals surface area (Å²) < 4.78 is 0. The van der Waals surface area contributed by atoms with Crippen molar-refractivity contribution in [3.63, 3.8) is 0 Å². The molecule has 0 heterocycles. The molecule has 2 atom stereocenters. The fourth-order valence-corrected chi connectivity index (χ4v) is 3.59. The minimum absolute atomic E-state index is 0.228. The third kappa shape index (κ3) is 3.06. The van der Waals surface area contributed by atoms with Crippen LogP contribution in [-0.4, -0.2) is 12.2 Å². The highest BCUT2D eigenvalue weighted by molar-refractivity contribution is 5.75. The first-order valence-corrected chi connectivity index (χ1v) is 9.03. The molecule has 3 rings (SSSR count). The van der Waals surface area contributed by atoms with Gasteiger partial charge >= 0.3 is 0 Å². The maximum Gasteiger partial charge on any atom is 0.150 e. The van der Waals surface area contributed by atoms with Gasteiger partial charge in [-0.1, -0.05) is 62.4 Å². The van der Waals surface area contributed by atoms with Crippen molar-refractivity contribution in [2.24, 2.45) is 5.92 Å². The van der Waals surface area contributed by atoms with Crippen LogP contribution < -0.4 is 10.4 Å². The highest BCUT2D eigenvalue weighted by Crippen LogP contribution is 2.36. The lowest BCUT2D eigenvalue weighted by Gasteiger charge is -2.41. The normalized spacial score (nSPS) is 20.6. The summed E-state index contributed by atoms with van der Waals surface area (Å²) in [5, 5.41) is 16.5. The maximum atomic E-state index is 12.7. The molecule has 0 radical (unpaired) electrons. The van der Waals surface area contributed by atoms with Crippen LogP contribution in [0.1, 0.15) is 44.7 Å². The molecule has 128 valence electrons. The highest BCUT2D eigenvalue weighted by atomic mass is 16.5. The van der Waals surface area contributed by atoms with Crippen LogP contribution in [0.25, 0.3) is 5.70 Å². The van der Waals surface area contributed by atoms with Gasteiger partial charge in [0.15, 0.2) is 6.67 Å². The molecule has 2 aliphatic carbocycles. The zero-order chi connectivity index (χ0) is 17.2. The molecular weight excluding hydrogens is 296 g/mol. The minimum atomic E-state index is -0.228. The van der Waals surface area contributed by atoms with Crippen molar-refractivity contribution >= 4 is 5.70 Å². The zero-order valence-corrected chi connectivity index (χ0v) is 14.9. The predicted octanol–water partition coefficient (Wildman–Crippen LogP) is 3.20. The molecule has 0 saturated carbocycles. The van der Waals surface area contributed by atoms with Crippen LogP contribution in [0, 0.1) is 11.1 Å². The van der Waals surface area contributed by atoms with Gasteiger partial charge in [0, 0.05) is 17.2 Å². The summed E-state index contributed by atoms with van der Waals surface area (Å²) in [5.74, 6) is 0.409. The molecule has 2 unspecified atom stereocenters. The number of hydrogen-bond donors (Lipinski definition) is 2. The van der Waals surface area contributed by atoms with Crippen molar-refractivity contribution < 1.29 is 5.06 Å². The second-order valence-corrected chi connectivity index (χ2v) is 7.09. The van der Waals surface area contributed by atoms with Crippen LogP contribution in [-0.2, 0) is 6.42 Å². The van der Waals surface area contributed by atoms with Gasteiger partial charge in [-0.05, 0) is 37.3 Å². The van der Waals surface area contributed by atoms with Crippen LogP contribution in [0.2, 0.25) is 0 Å². The third-order valence-corrected chi connectivity index (χ3v) is 5.80. The van der Waals surface area contributed by atoms with E-state index in [1.54, 1.807) is 0 Å². The smallest absolute Gasteiger partial charge is 0.150 e. The Kier molecular flexibility index (Phi) is 4.93. The molecule has 24 heavy (non-hydrogen) atoms. The van der Waals surface area contributed by atoms with Crippen molar-refractivity contribution in [1.82, 2.24) is 5.32 Å². The molecule has 2 N–H and O–H groups in total. The second-order valence-electron chi connectivity index (χ2n) is 7.09. The Morgan fingerprint density at radius 2 is 1.96 bits per heavy atom. The van der Waals surface area contributed by atoms with E-state index in [1.807, 2.05) is 0 Å². The molecule has 3 heteroatoms. The average molecular weight is 324 g/mol. The van der Waals surface area contributed by atoms with Gasteiger partial charge < -0.3 is 15.6 Å². The number of benzene rings is 1. The van der Waals surface area contributed by atoms with Crippen LogP contribution >= 0.6 is 0 Å². The zero-order valence-electron chi connectivity index (χ0n) is 14.9. The Labute approximate surface area is 145 Å². The monoisotopic (exact) mass is 324 g/mol. The van der Waals surface area contributed by atoms with Gasteiger partial charge in [-0.25, -0.2) is 0 Å². The molecule has 0 aliphatic heterocycles. The first-order valence-electron chi connectivity index (χ1n) is 9.03. The van der Waals surface area contributed by atoms with Gasteiger partial charge in [0.05, 0.1) is 5.54 Å². The number of fused-ring (bicyclic) bond motifs is 2. The molecule has 0 bridgehead atoms. The number of quaternary nitrogens is 1. The third-order valence-electron chi connectivity index (χ3n) is 5.80. The highest BCUT2D eigenvalue weighted by Gasteiger charge is 2.29. The van der Waals surface area contributed by atoms with E-state index in [0.29, 0.717) is 17.6 Å². The molecule has 3 nitrogen and oxygen atoms in total. The van der Waals surface area contributed by atoms with Gasteiger partial charge in [-0.15, -0.1) is 0 Å². The van der Waals surface area contributed by atoms with Crippen molar-refractivity contribution in [2.45, 2.75) is 45.6 Å². The number of nitrogens with one attached hydrogen (secondary N) is 2. The molecule has 1 aromatic carbocycles. The van der Waals surface area contributed by atoms with Gasteiger partial charge in [-0.3, -0.25) is 0 Å². The first kappa shape index (κ1) is 17.0. The van der Waals surface area contributed by atoms with Crippen molar-refractivity contribution in [2.75, 3.05) is 6.67 Å². The van der Waals surface area contributed by atoms with Crippen LogP contribution in [0.15, 0.2) is 54.1 Å². The summed E-state index contributed by atoms with van der Waals surface area (Å²) in [4.78, 5) is 0. The number of hydroxylamine groups is 2. The largest absolute Gasteiger partial charge is 0.633 e. The fraction of sp³-hybridized carbons (Fsp3) is 0.429. The number of allylic oxidation sites excluding steroid dienone is 5. The van der Waals surface area contributed by atoms with Crippen LogP contribution in [0.3, 0.4) is 0 Å². The molecule has 2 aliphatic rings. The molecule has 0 aromatic heterocycles. The topological polar surface area (TPSA) is 39.5 Å². The Morgan fingerprint density at radius 1 is 1.21 bits per heavy atom. The standard InChI is InChI=1S/C21H28N2O/c1-4-21(3,5-2)23(24)15-22-20-18-12-8-6-10-16(18)14-17-11-7-9-13-19(17)20/h6-13,16,22-23H,4-5,14-15H2,1-3H3. The molecule has 0 spiro atoms. The SMILES string of the molecule is CCC(C)(CC)[NH+]([O-])CNC1=C2C=CC=CC2Cc2ccccc21. The summed E-state index contributed by atoms with van der Waals surface area (Å²) in [6, 6.07) is 8.54. The Balaban J connectivity index is 1.88. The maximum absolute atomic E-state index is 12.7. The van der Waals surface area contributed by atoms with E-state index in [0.717, 1.165) is 25.0 Å². The quantitative estimate of drug-likeness (QED) is 0.623. The molecule has 0 amide bonds. The minimum Gasteiger partial charge on any atom is -0.633 e. The molecule has 1 aromatic rings. The van der Waals surface area contributed by atoms with Gasteiger partial charge in [0.1, 0.15) is 0 Å². The fourth-order valence-electron chi connectivity index (χ4n) is 3.59. The average Bonchev–Trinajstić information content (AvgIpc) is 2.64. The van der Waals surface area contributed by atoms with E-state index < -0.39 is 0 Å². The van der Waals surface area contributed by atoms with E-state index >= 15 is 0 Å². The molecule has 0 saturated heterocycles. The van der Waals surface area contributed by atoms with Crippen molar-refractivity contribution in [3.8, 4) is 0 Å². The second kappa shape index (κ2) is 6.96. The van der Waals surface area contributed by atoms with Gasteiger partial charge in [0.25, 0.3) is 0 Å².